The van der Waals surface area contributed by atoms with Gasteiger partial charge in [-0.2, -0.15) is 0 Å². The predicted molar refractivity (Wildman–Crippen MR) is 68.7 cm³/mol. The van der Waals surface area contributed by atoms with Crippen molar-refractivity contribution >= 4 is 0 Å². The molecule has 0 spiro atoms. The van der Waals surface area contributed by atoms with E-state index in [2.05, 4.69) is 24.5 Å². The Labute approximate surface area is 100 Å². The van der Waals surface area contributed by atoms with Gasteiger partial charge in [-0.3, -0.25) is 0 Å². The molecule has 3 heteroatoms. The number of hydrogen-bond acceptors (Lipinski definition) is 3. The molecule has 0 aliphatic carbocycles. The van der Waals surface area contributed by atoms with Crippen LogP contribution in [-0.4, -0.2) is 39.4 Å². The highest BCUT2D eigenvalue weighted by molar-refractivity contribution is 4.74. The number of nitrogens with one attached hydrogen (secondary N) is 2. The van der Waals surface area contributed by atoms with Crippen LogP contribution in [0.15, 0.2) is 0 Å². The van der Waals surface area contributed by atoms with Crippen LogP contribution < -0.4 is 10.6 Å². The van der Waals surface area contributed by atoms with Crippen LogP contribution in [-0.2, 0) is 4.74 Å². The lowest BCUT2D eigenvalue weighted by atomic mass is 9.85. The lowest BCUT2D eigenvalue weighted by Gasteiger charge is -2.28. The summed E-state index contributed by atoms with van der Waals surface area (Å²) >= 11 is 0. The van der Waals surface area contributed by atoms with Gasteiger partial charge in [0.2, 0.25) is 0 Å². The number of hydrogen-bond donors (Lipinski definition) is 2. The van der Waals surface area contributed by atoms with E-state index in [0.717, 1.165) is 24.9 Å². The molecule has 1 fully saturated rings. The molecule has 1 rings (SSSR count). The van der Waals surface area contributed by atoms with Crippen molar-refractivity contribution in [1.82, 2.24) is 10.6 Å². The Kier molecular flexibility index (Phi) is 7.01. The van der Waals surface area contributed by atoms with Crippen molar-refractivity contribution < 1.29 is 4.74 Å². The molecule has 0 amide bonds. The van der Waals surface area contributed by atoms with Crippen LogP contribution >= 0.6 is 0 Å². The highest BCUT2D eigenvalue weighted by atomic mass is 16.5. The number of methoxy groups -OCH3 is 1. The van der Waals surface area contributed by atoms with E-state index < -0.39 is 0 Å². The van der Waals surface area contributed by atoms with Gasteiger partial charge < -0.3 is 15.4 Å². The summed E-state index contributed by atoms with van der Waals surface area (Å²) in [5.74, 6) is 1.72. The van der Waals surface area contributed by atoms with Crippen molar-refractivity contribution in [2.24, 2.45) is 11.8 Å². The van der Waals surface area contributed by atoms with Gasteiger partial charge in [0.15, 0.2) is 0 Å². The zero-order valence-electron chi connectivity index (χ0n) is 11.1. The van der Waals surface area contributed by atoms with Crippen LogP contribution in [0.25, 0.3) is 0 Å². The molecule has 3 nitrogen and oxygen atoms in total. The van der Waals surface area contributed by atoms with E-state index in [1.54, 1.807) is 7.11 Å². The van der Waals surface area contributed by atoms with E-state index in [-0.39, 0.29) is 0 Å². The van der Waals surface area contributed by atoms with Gasteiger partial charge in [0.05, 0.1) is 6.10 Å². The second kappa shape index (κ2) is 8.04. The number of ether oxygens (including phenoxy) is 1. The maximum Gasteiger partial charge on any atom is 0.0667 e. The second-order valence-corrected chi connectivity index (χ2v) is 5.12. The zero-order chi connectivity index (χ0) is 11.8. The van der Waals surface area contributed by atoms with Crippen molar-refractivity contribution in [3.8, 4) is 0 Å². The van der Waals surface area contributed by atoms with Gasteiger partial charge in [0, 0.05) is 13.7 Å². The number of rotatable bonds is 7. The Morgan fingerprint density at radius 3 is 2.88 bits per heavy atom. The van der Waals surface area contributed by atoms with Crippen LogP contribution in [0.3, 0.4) is 0 Å². The first-order chi connectivity index (χ1) is 7.74. The summed E-state index contributed by atoms with van der Waals surface area (Å²) in [7, 11) is 1.77. The Hall–Kier alpha value is -0.120. The molecule has 0 aromatic carbocycles. The fourth-order valence-electron chi connectivity index (χ4n) is 2.32. The largest absolute Gasteiger partial charge is 0.380 e. The minimum Gasteiger partial charge on any atom is -0.380 e. The molecular formula is C13H28N2O. The molecule has 2 N–H and O–H groups in total. The van der Waals surface area contributed by atoms with Gasteiger partial charge in [-0.25, -0.2) is 0 Å². The third-order valence-electron chi connectivity index (χ3n) is 3.75. The van der Waals surface area contributed by atoms with Gasteiger partial charge >= 0.3 is 0 Å². The maximum atomic E-state index is 5.20. The summed E-state index contributed by atoms with van der Waals surface area (Å²) in [5.41, 5.74) is 0. The van der Waals surface area contributed by atoms with Crippen LogP contribution in [0.1, 0.15) is 33.1 Å². The Morgan fingerprint density at radius 2 is 2.25 bits per heavy atom. The molecule has 3 unspecified atom stereocenters. The molecule has 16 heavy (non-hydrogen) atoms. The van der Waals surface area contributed by atoms with E-state index in [9.17, 15) is 0 Å². The fourth-order valence-corrected chi connectivity index (χ4v) is 2.32. The smallest absolute Gasteiger partial charge is 0.0667 e. The predicted octanol–water partition coefficient (Wildman–Crippen LogP) is 1.64. The van der Waals surface area contributed by atoms with E-state index >= 15 is 0 Å². The van der Waals surface area contributed by atoms with Crippen molar-refractivity contribution in [3.63, 3.8) is 0 Å². The van der Waals surface area contributed by atoms with Gasteiger partial charge in [0.1, 0.15) is 0 Å². The van der Waals surface area contributed by atoms with Crippen LogP contribution in [0, 0.1) is 11.8 Å². The van der Waals surface area contributed by atoms with Crippen LogP contribution in [0.5, 0.6) is 0 Å². The van der Waals surface area contributed by atoms with Gasteiger partial charge in [0.25, 0.3) is 0 Å². The molecule has 1 aliphatic rings. The quantitative estimate of drug-likeness (QED) is 0.650. The summed E-state index contributed by atoms with van der Waals surface area (Å²) in [6.45, 7) is 9.00. The van der Waals surface area contributed by atoms with Crippen LogP contribution in [0.4, 0.5) is 0 Å². The molecule has 96 valence electrons. The first-order valence-electron chi connectivity index (χ1n) is 6.68. The fraction of sp³-hybridized carbons (Fsp3) is 1.00. The molecule has 0 aromatic rings. The van der Waals surface area contributed by atoms with Gasteiger partial charge in [-0.1, -0.05) is 6.92 Å². The van der Waals surface area contributed by atoms with E-state index in [4.69, 9.17) is 4.74 Å². The van der Waals surface area contributed by atoms with E-state index in [0.29, 0.717) is 6.10 Å². The zero-order valence-corrected chi connectivity index (χ0v) is 11.1. The molecule has 1 saturated heterocycles. The molecule has 3 atom stereocenters. The van der Waals surface area contributed by atoms with Crippen molar-refractivity contribution in [2.75, 3.05) is 33.3 Å². The van der Waals surface area contributed by atoms with Gasteiger partial charge in [-0.15, -0.1) is 0 Å². The highest BCUT2D eigenvalue weighted by Gasteiger charge is 2.19. The minimum atomic E-state index is 0.326. The molecule has 1 aliphatic heterocycles. The van der Waals surface area contributed by atoms with Crippen molar-refractivity contribution in [3.05, 3.63) is 0 Å². The molecular weight excluding hydrogens is 200 g/mol. The Morgan fingerprint density at radius 1 is 1.44 bits per heavy atom. The Bertz CT molecular complexity index is 169. The molecule has 1 heterocycles. The van der Waals surface area contributed by atoms with Gasteiger partial charge in [-0.05, 0) is 57.7 Å². The third-order valence-corrected chi connectivity index (χ3v) is 3.75. The average Bonchev–Trinajstić information content (AvgIpc) is 2.35. The molecule has 0 aromatic heterocycles. The molecule has 0 bridgehead atoms. The minimum absolute atomic E-state index is 0.326. The monoisotopic (exact) mass is 228 g/mol. The third kappa shape index (κ3) is 5.28. The maximum absolute atomic E-state index is 5.20. The lowest BCUT2D eigenvalue weighted by molar-refractivity contribution is 0.116. The van der Waals surface area contributed by atoms with E-state index in [1.165, 1.54) is 32.4 Å². The summed E-state index contributed by atoms with van der Waals surface area (Å²) in [6, 6.07) is 0. The SMILES string of the molecule is COC(C)CNCCC(C)C1CCCNC1. The molecule has 0 radical (unpaired) electrons. The standard InChI is InChI=1S/C13H28N2O/c1-11(13-5-4-7-14-10-13)6-8-15-9-12(2)16-3/h11-15H,4-10H2,1-3H3. The second-order valence-electron chi connectivity index (χ2n) is 5.12. The first-order valence-corrected chi connectivity index (χ1v) is 6.68. The first kappa shape index (κ1) is 13.9. The molecule has 0 saturated carbocycles. The summed E-state index contributed by atoms with van der Waals surface area (Å²) in [4.78, 5) is 0. The topological polar surface area (TPSA) is 33.3 Å². The van der Waals surface area contributed by atoms with Crippen molar-refractivity contribution in [1.29, 1.82) is 0 Å². The normalized spacial score (nSPS) is 25.3. The van der Waals surface area contributed by atoms with Crippen LogP contribution in [0.2, 0.25) is 0 Å². The highest BCUT2D eigenvalue weighted by Crippen LogP contribution is 2.21. The average molecular weight is 228 g/mol. The summed E-state index contributed by atoms with van der Waals surface area (Å²) < 4.78 is 5.20. The Balaban J connectivity index is 2.03. The summed E-state index contributed by atoms with van der Waals surface area (Å²) in [6.07, 6.45) is 4.36. The van der Waals surface area contributed by atoms with Crippen molar-refractivity contribution in [2.45, 2.75) is 39.2 Å². The summed E-state index contributed by atoms with van der Waals surface area (Å²) in [5, 5.41) is 6.95. The van der Waals surface area contributed by atoms with E-state index in [1.807, 2.05) is 0 Å². The lowest BCUT2D eigenvalue weighted by Crippen LogP contribution is -2.35. The number of piperidine rings is 1.